The van der Waals surface area contributed by atoms with Gasteiger partial charge >= 0.3 is 5.97 Å². The Hall–Kier alpha value is -1.89. The number of nitrogens with one attached hydrogen (secondary N) is 1. The van der Waals surface area contributed by atoms with Crippen LogP contribution in [0.4, 0.5) is 11.6 Å². The Kier molecular flexibility index (Phi) is 5.32. The van der Waals surface area contributed by atoms with E-state index in [-0.39, 0.29) is 12.6 Å². The van der Waals surface area contributed by atoms with Crippen molar-refractivity contribution in [3.8, 4) is 0 Å². The molecular weight excluding hydrogens is 272 g/mol. The summed E-state index contributed by atoms with van der Waals surface area (Å²) < 4.78 is 0. The third-order valence-corrected chi connectivity index (χ3v) is 3.73. The molecule has 0 spiro atoms. The van der Waals surface area contributed by atoms with Crippen LogP contribution in [0, 0.1) is 0 Å². The first kappa shape index (κ1) is 15.5. The molecule has 116 valence electrons. The Bertz CT molecular complexity index is 483. The molecule has 1 aromatic heterocycles. The average Bonchev–Trinajstić information content (AvgIpc) is 2.95. The van der Waals surface area contributed by atoms with E-state index in [1.807, 2.05) is 11.8 Å². The first-order valence-electron chi connectivity index (χ1n) is 7.34. The Morgan fingerprint density at radius 2 is 2.38 bits per heavy atom. The highest BCUT2D eigenvalue weighted by molar-refractivity contribution is 5.77. The lowest BCUT2D eigenvalue weighted by atomic mass is 10.1. The molecule has 21 heavy (non-hydrogen) atoms. The van der Waals surface area contributed by atoms with Crippen molar-refractivity contribution in [2.75, 3.05) is 23.4 Å². The summed E-state index contributed by atoms with van der Waals surface area (Å²) >= 11 is 0. The van der Waals surface area contributed by atoms with Crippen molar-refractivity contribution in [1.29, 1.82) is 0 Å². The van der Waals surface area contributed by atoms with Crippen molar-refractivity contribution in [3.63, 3.8) is 0 Å². The molecule has 0 saturated carbocycles. The number of aliphatic carboxylic acids is 1. The summed E-state index contributed by atoms with van der Waals surface area (Å²) in [5.41, 5.74) is 0. The van der Waals surface area contributed by atoms with Crippen LogP contribution >= 0.6 is 0 Å². The summed E-state index contributed by atoms with van der Waals surface area (Å²) in [6.45, 7) is 2.89. The highest BCUT2D eigenvalue weighted by Gasteiger charge is 2.25. The molecule has 1 aromatic rings. The van der Waals surface area contributed by atoms with Gasteiger partial charge in [0.05, 0.1) is 12.6 Å². The summed E-state index contributed by atoms with van der Waals surface area (Å²) in [7, 11) is 0. The molecule has 2 heterocycles. The Labute approximate surface area is 124 Å². The normalized spacial score (nSPS) is 19.5. The van der Waals surface area contributed by atoms with Crippen molar-refractivity contribution in [3.05, 3.63) is 12.4 Å². The van der Waals surface area contributed by atoms with Gasteiger partial charge in [-0.3, -0.25) is 0 Å². The molecule has 1 aliphatic rings. The van der Waals surface area contributed by atoms with Crippen LogP contribution in [0.15, 0.2) is 12.4 Å². The maximum absolute atomic E-state index is 11.2. The molecule has 1 aliphatic heterocycles. The lowest BCUT2D eigenvalue weighted by molar-refractivity contribution is -0.138. The molecular formula is C14H22N4O3. The van der Waals surface area contributed by atoms with E-state index in [0.717, 1.165) is 31.6 Å². The number of aromatic nitrogens is 2. The molecule has 7 heteroatoms. The van der Waals surface area contributed by atoms with E-state index in [1.165, 1.54) is 6.33 Å². The minimum atomic E-state index is -0.883. The molecule has 1 saturated heterocycles. The number of hydrogen-bond donors (Lipinski definition) is 3. The van der Waals surface area contributed by atoms with Gasteiger partial charge in [0.2, 0.25) is 0 Å². The topological polar surface area (TPSA) is 98.6 Å². The predicted molar refractivity (Wildman–Crippen MR) is 79.4 cm³/mol. The van der Waals surface area contributed by atoms with Gasteiger partial charge in [-0.2, -0.15) is 0 Å². The van der Waals surface area contributed by atoms with Gasteiger partial charge in [-0.1, -0.05) is 13.3 Å². The van der Waals surface area contributed by atoms with Crippen molar-refractivity contribution in [1.82, 2.24) is 9.97 Å². The molecule has 0 bridgehead atoms. The van der Waals surface area contributed by atoms with E-state index < -0.39 is 12.0 Å². The van der Waals surface area contributed by atoms with Gasteiger partial charge in [0.25, 0.3) is 0 Å². The highest BCUT2D eigenvalue weighted by atomic mass is 16.4. The monoisotopic (exact) mass is 294 g/mol. The lowest BCUT2D eigenvalue weighted by Gasteiger charge is -2.24. The molecule has 7 nitrogen and oxygen atoms in total. The van der Waals surface area contributed by atoms with E-state index in [9.17, 15) is 15.0 Å². The van der Waals surface area contributed by atoms with Gasteiger partial charge in [0, 0.05) is 12.6 Å². The number of aliphatic hydroxyl groups excluding tert-OH is 1. The molecule has 0 aromatic carbocycles. The molecule has 0 amide bonds. The van der Waals surface area contributed by atoms with E-state index >= 15 is 0 Å². The van der Waals surface area contributed by atoms with Gasteiger partial charge in [-0.25, -0.2) is 14.8 Å². The Balaban J connectivity index is 2.11. The maximum atomic E-state index is 11.2. The molecule has 0 aliphatic carbocycles. The first-order valence-corrected chi connectivity index (χ1v) is 7.34. The van der Waals surface area contributed by atoms with Gasteiger partial charge in [-0.05, 0) is 19.3 Å². The second kappa shape index (κ2) is 7.21. The Morgan fingerprint density at radius 3 is 3.05 bits per heavy atom. The van der Waals surface area contributed by atoms with Crippen LogP contribution in [-0.2, 0) is 4.79 Å². The predicted octanol–water partition coefficient (Wildman–Crippen LogP) is 1.10. The summed E-state index contributed by atoms with van der Waals surface area (Å²) in [6.07, 6.45) is 4.70. The quantitative estimate of drug-likeness (QED) is 0.692. The fourth-order valence-corrected chi connectivity index (χ4v) is 2.63. The van der Waals surface area contributed by atoms with Crippen LogP contribution in [0.3, 0.4) is 0 Å². The first-order chi connectivity index (χ1) is 10.2. The number of hydrogen-bond acceptors (Lipinski definition) is 6. The summed E-state index contributed by atoms with van der Waals surface area (Å²) in [5.74, 6) is 0.348. The lowest BCUT2D eigenvalue weighted by Crippen LogP contribution is -2.33. The standard InChI is InChI=1S/C14H22N4O3/c1-2-4-11(14(20)21)17-12-7-13(16-9-15-12)18-6-3-5-10(18)8-19/h7,9-11,19H,2-6,8H2,1H3,(H,20,21)(H,15,16,17). The highest BCUT2D eigenvalue weighted by Crippen LogP contribution is 2.24. The summed E-state index contributed by atoms with van der Waals surface area (Å²) in [4.78, 5) is 21.6. The van der Waals surface area contributed by atoms with Crippen molar-refractivity contribution in [2.24, 2.45) is 0 Å². The molecule has 2 unspecified atom stereocenters. The van der Waals surface area contributed by atoms with Gasteiger partial charge in [0.1, 0.15) is 24.0 Å². The zero-order valence-corrected chi connectivity index (χ0v) is 12.2. The fraction of sp³-hybridized carbons (Fsp3) is 0.643. The molecule has 0 radical (unpaired) electrons. The second-order valence-corrected chi connectivity index (χ2v) is 5.26. The largest absolute Gasteiger partial charge is 0.480 e. The van der Waals surface area contributed by atoms with E-state index in [4.69, 9.17) is 0 Å². The molecule has 2 rings (SSSR count). The van der Waals surface area contributed by atoms with Crippen molar-refractivity contribution < 1.29 is 15.0 Å². The van der Waals surface area contributed by atoms with Crippen LogP contribution in [0.25, 0.3) is 0 Å². The number of nitrogens with zero attached hydrogens (tertiary/aromatic N) is 3. The van der Waals surface area contributed by atoms with Crippen LogP contribution < -0.4 is 10.2 Å². The third-order valence-electron chi connectivity index (χ3n) is 3.73. The SMILES string of the molecule is CCCC(Nc1cc(N2CCCC2CO)ncn1)C(=O)O. The summed E-state index contributed by atoms with van der Waals surface area (Å²) in [6, 6.07) is 1.18. The maximum Gasteiger partial charge on any atom is 0.326 e. The van der Waals surface area contributed by atoms with Crippen molar-refractivity contribution in [2.45, 2.75) is 44.7 Å². The molecule has 2 atom stereocenters. The Morgan fingerprint density at radius 1 is 1.57 bits per heavy atom. The number of carboxylic acid groups (broad SMARTS) is 1. The molecule has 1 fully saturated rings. The van der Waals surface area contributed by atoms with Crippen LogP contribution in [0.1, 0.15) is 32.6 Å². The number of aliphatic hydroxyl groups is 1. The van der Waals surface area contributed by atoms with E-state index in [1.54, 1.807) is 6.07 Å². The zero-order valence-electron chi connectivity index (χ0n) is 12.2. The third kappa shape index (κ3) is 3.81. The number of anilines is 2. The van der Waals surface area contributed by atoms with Crippen LogP contribution in [0.2, 0.25) is 0 Å². The summed E-state index contributed by atoms with van der Waals surface area (Å²) in [5, 5.41) is 21.5. The second-order valence-electron chi connectivity index (χ2n) is 5.26. The minimum absolute atomic E-state index is 0.0821. The number of carbonyl (C=O) groups is 1. The smallest absolute Gasteiger partial charge is 0.326 e. The van der Waals surface area contributed by atoms with Crippen molar-refractivity contribution >= 4 is 17.6 Å². The van der Waals surface area contributed by atoms with E-state index in [0.29, 0.717) is 12.2 Å². The van der Waals surface area contributed by atoms with Gasteiger partial charge in [0.15, 0.2) is 0 Å². The van der Waals surface area contributed by atoms with Gasteiger partial charge in [-0.15, -0.1) is 0 Å². The molecule has 3 N–H and O–H groups in total. The minimum Gasteiger partial charge on any atom is -0.480 e. The number of rotatable bonds is 7. The fourth-order valence-electron chi connectivity index (χ4n) is 2.63. The zero-order chi connectivity index (χ0) is 15.2. The van der Waals surface area contributed by atoms with Crippen LogP contribution in [0.5, 0.6) is 0 Å². The number of carboxylic acids is 1. The van der Waals surface area contributed by atoms with Gasteiger partial charge < -0.3 is 20.4 Å². The average molecular weight is 294 g/mol. The van der Waals surface area contributed by atoms with Crippen LogP contribution in [-0.4, -0.2) is 51.4 Å². The van der Waals surface area contributed by atoms with E-state index in [2.05, 4.69) is 15.3 Å².